The molecule has 0 aromatic heterocycles. The molecule has 1 saturated carbocycles. The second-order valence-corrected chi connectivity index (χ2v) is 10.2. The van der Waals surface area contributed by atoms with Gasteiger partial charge in [0.15, 0.2) is 9.84 Å². The van der Waals surface area contributed by atoms with Gasteiger partial charge in [-0.05, 0) is 56.1 Å². The Balaban J connectivity index is 2.06. The van der Waals surface area contributed by atoms with Gasteiger partial charge in [0.05, 0.1) is 11.0 Å². The Kier molecular flexibility index (Phi) is 6.51. The van der Waals surface area contributed by atoms with Crippen LogP contribution < -0.4 is 4.74 Å². The maximum Gasteiger partial charge on any atom is 0.176 e. The molecule has 0 radical (unpaired) electrons. The van der Waals surface area contributed by atoms with Crippen LogP contribution in [0.4, 0.5) is 0 Å². The van der Waals surface area contributed by atoms with Gasteiger partial charge >= 0.3 is 0 Å². The van der Waals surface area contributed by atoms with Crippen molar-refractivity contribution in [2.45, 2.75) is 67.8 Å². The Bertz CT molecular complexity index is 853. The van der Waals surface area contributed by atoms with Gasteiger partial charge in [-0.3, -0.25) is 0 Å². The van der Waals surface area contributed by atoms with Gasteiger partial charge in [-0.15, -0.1) is 11.8 Å². The van der Waals surface area contributed by atoms with Crippen molar-refractivity contribution in [1.29, 1.82) is 0 Å². The van der Waals surface area contributed by atoms with E-state index in [1.807, 2.05) is 24.3 Å². The van der Waals surface area contributed by atoms with Gasteiger partial charge in [-0.25, -0.2) is 8.42 Å². The molecule has 142 valence electrons. The summed E-state index contributed by atoms with van der Waals surface area (Å²) < 4.78 is 31.1. The molecular formula is C21H28O3S2. The SMILES string of the molecule is CCCCSc1ccc(OC2CCCCC2)c2cccc(S(C)(=O)=O)c12. The number of sulfone groups is 1. The summed E-state index contributed by atoms with van der Waals surface area (Å²) in [5, 5.41) is 1.74. The lowest BCUT2D eigenvalue weighted by Crippen LogP contribution is -2.19. The summed E-state index contributed by atoms with van der Waals surface area (Å²) in [4.78, 5) is 1.44. The first-order valence-corrected chi connectivity index (χ1v) is 12.4. The molecule has 0 spiro atoms. The zero-order chi connectivity index (χ0) is 18.6. The Morgan fingerprint density at radius 2 is 1.88 bits per heavy atom. The third kappa shape index (κ3) is 4.55. The van der Waals surface area contributed by atoms with Crippen LogP contribution in [-0.4, -0.2) is 26.5 Å². The first-order chi connectivity index (χ1) is 12.5. The summed E-state index contributed by atoms with van der Waals surface area (Å²) in [7, 11) is -3.30. The molecule has 0 bridgehead atoms. The van der Waals surface area contributed by atoms with Gasteiger partial charge in [0.25, 0.3) is 0 Å². The van der Waals surface area contributed by atoms with E-state index in [-0.39, 0.29) is 6.10 Å². The first-order valence-electron chi connectivity index (χ1n) is 9.56. The molecule has 2 aromatic rings. The smallest absolute Gasteiger partial charge is 0.176 e. The highest BCUT2D eigenvalue weighted by Gasteiger charge is 2.20. The average molecular weight is 393 g/mol. The second-order valence-electron chi connectivity index (χ2n) is 7.09. The highest BCUT2D eigenvalue weighted by molar-refractivity contribution is 7.99. The van der Waals surface area contributed by atoms with E-state index in [0.717, 1.165) is 52.9 Å². The summed E-state index contributed by atoms with van der Waals surface area (Å²) in [5.41, 5.74) is 0. The van der Waals surface area contributed by atoms with Crippen LogP contribution in [0.5, 0.6) is 5.75 Å². The van der Waals surface area contributed by atoms with Crippen LogP contribution in [0.2, 0.25) is 0 Å². The third-order valence-corrected chi connectivity index (χ3v) is 7.21. The summed E-state index contributed by atoms with van der Waals surface area (Å²) in [5.74, 6) is 1.81. The van der Waals surface area contributed by atoms with Crippen LogP contribution in [0.25, 0.3) is 10.8 Å². The second kappa shape index (κ2) is 8.66. The number of hydrogen-bond acceptors (Lipinski definition) is 4. The zero-order valence-corrected chi connectivity index (χ0v) is 17.3. The van der Waals surface area contributed by atoms with Crippen LogP contribution in [0.3, 0.4) is 0 Å². The van der Waals surface area contributed by atoms with Crippen molar-refractivity contribution in [2.75, 3.05) is 12.0 Å². The summed E-state index contributed by atoms with van der Waals surface area (Å²) in [6.45, 7) is 2.17. The van der Waals surface area contributed by atoms with Crippen molar-refractivity contribution in [3.8, 4) is 5.75 Å². The average Bonchev–Trinajstić information content (AvgIpc) is 2.63. The van der Waals surface area contributed by atoms with Gasteiger partial charge in [0, 0.05) is 21.9 Å². The molecule has 0 amide bonds. The molecule has 26 heavy (non-hydrogen) atoms. The van der Waals surface area contributed by atoms with Gasteiger partial charge in [0.2, 0.25) is 0 Å². The minimum Gasteiger partial charge on any atom is -0.490 e. The number of hydrogen-bond donors (Lipinski definition) is 0. The molecule has 0 aliphatic heterocycles. The van der Waals surface area contributed by atoms with E-state index in [2.05, 4.69) is 6.92 Å². The maximum absolute atomic E-state index is 12.4. The molecule has 0 atom stereocenters. The quantitative estimate of drug-likeness (QED) is 0.438. The van der Waals surface area contributed by atoms with Crippen molar-refractivity contribution >= 4 is 32.4 Å². The fourth-order valence-corrected chi connectivity index (χ4v) is 5.70. The van der Waals surface area contributed by atoms with Crippen molar-refractivity contribution < 1.29 is 13.2 Å². The molecular weight excluding hydrogens is 364 g/mol. The van der Waals surface area contributed by atoms with E-state index in [9.17, 15) is 8.42 Å². The van der Waals surface area contributed by atoms with Gasteiger partial charge < -0.3 is 4.74 Å². The lowest BCUT2D eigenvalue weighted by Gasteiger charge is -2.24. The molecule has 3 rings (SSSR count). The van der Waals surface area contributed by atoms with Crippen LogP contribution in [0.1, 0.15) is 51.9 Å². The summed E-state index contributed by atoms with van der Waals surface area (Å²) in [6, 6.07) is 9.59. The highest BCUT2D eigenvalue weighted by Crippen LogP contribution is 2.39. The molecule has 1 aliphatic rings. The Morgan fingerprint density at radius 1 is 1.12 bits per heavy atom. The summed E-state index contributed by atoms with van der Waals surface area (Å²) >= 11 is 1.74. The molecule has 0 saturated heterocycles. The minimum atomic E-state index is -3.30. The Hall–Kier alpha value is -1.20. The van der Waals surface area contributed by atoms with E-state index < -0.39 is 9.84 Å². The minimum absolute atomic E-state index is 0.243. The predicted octanol–water partition coefficient (Wildman–Crippen LogP) is 5.85. The van der Waals surface area contributed by atoms with Gasteiger partial charge in [0.1, 0.15) is 5.75 Å². The number of fused-ring (bicyclic) bond motifs is 1. The van der Waals surface area contributed by atoms with Crippen LogP contribution >= 0.6 is 11.8 Å². The fourth-order valence-electron chi connectivity index (χ4n) is 3.54. The van der Waals surface area contributed by atoms with Crippen molar-refractivity contribution in [2.24, 2.45) is 0 Å². The fraction of sp³-hybridized carbons (Fsp3) is 0.524. The van der Waals surface area contributed by atoms with Gasteiger partial charge in [-0.2, -0.15) is 0 Å². The molecule has 1 fully saturated rings. The maximum atomic E-state index is 12.4. The molecule has 0 heterocycles. The van der Waals surface area contributed by atoms with Crippen molar-refractivity contribution in [3.05, 3.63) is 30.3 Å². The van der Waals surface area contributed by atoms with E-state index in [4.69, 9.17) is 4.74 Å². The molecule has 5 heteroatoms. The summed E-state index contributed by atoms with van der Waals surface area (Å²) in [6.07, 6.45) is 9.65. The highest BCUT2D eigenvalue weighted by atomic mass is 32.2. The van der Waals surface area contributed by atoms with E-state index in [1.54, 1.807) is 17.8 Å². The van der Waals surface area contributed by atoms with Crippen LogP contribution in [0, 0.1) is 0 Å². The standard InChI is InChI=1S/C21H28O3S2/c1-3-4-15-25-19-14-13-18(24-16-9-6-5-7-10-16)17-11-8-12-20(21(17)19)26(2,22)23/h8,11-14,16H,3-7,9-10,15H2,1-2H3. The molecule has 1 aliphatic carbocycles. The zero-order valence-electron chi connectivity index (χ0n) is 15.7. The first kappa shape index (κ1) is 19.6. The van der Waals surface area contributed by atoms with Crippen LogP contribution in [-0.2, 0) is 9.84 Å². The number of benzene rings is 2. The number of rotatable bonds is 7. The number of ether oxygens (including phenoxy) is 1. The topological polar surface area (TPSA) is 43.4 Å². The number of unbranched alkanes of at least 4 members (excludes halogenated alkanes) is 1. The Labute approximate surface area is 161 Å². The van der Waals surface area contributed by atoms with Gasteiger partial charge in [-0.1, -0.05) is 31.9 Å². The van der Waals surface area contributed by atoms with E-state index >= 15 is 0 Å². The predicted molar refractivity (Wildman–Crippen MR) is 110 cm³/mol. The van der Waals surface area contributed by atoms with E-state index in [1.165, 1.54) is 25.5 Å². The lowest BCUT2D eigenvalue weighted by molar-refractivity contribution is 0.157. The molecule has 2 aromatic carbocycles. The molecule has 3 nitrogen and oxygen atoms in total. The number of thioether (sulfide) groups is 1. The van der Waals surface area contributed by atoms with Crippen molar-refractivity contribution in [1.82, 2.24) is 0 Å². The van der Waals surface area contributed by atoms with Crippen LogP contribution in [0.15, 0.2) is 40.1 Å². The molecule has 0 N–H and O–H groups in total. The monoisotopic (exact) mass is 392 g/mol. The third-order valence-electron chi connectivity index (χ3n) is 4.92. The molecule has 0 unspecified atom stereocenters. The van der Waals surface area contributed by atoms with E-state index in [0.29, 0.717) is 4.90 Å². The largest absolute Gasteiger partial charge is 0.490 e. The Morgan fingerprint density at radius 3 is 2.58 bits per heavy atom. The van der Waals surface area contributed by atoms with Crippen molar-refractivity contribution in [3.63, 3.8) is 0 Å². The normalized spacial score (nSPS) is 16.1. The lowest BCUT2D eigenvalue weighted by atomic mass is 9.97.